The van der Waals surface area contributed by atoms with E-state index >= 15 is 0 Å². The zero-order valence-electron chi connectivity index (χ0n) is 13.5. The Labute approximate surface area is 132 Å². The van der Waals surface area contributed by atoms with Crippen LogP contribution in [0.25, 0.3) is 0 Å². The van der Waals surface area contributed by atoms with E-state index in [1.54, 1.807) is 11.8 Å². The van der Waals surface area contributed by atoms with Crippen molar-refractivity contribution in [3.05, 3.63) is 0 Å². The number of rotatable bonds is 11. The third-order valence-corrected chi connectivity index (χ3v) is 5.23. The maximum Gasteiger partial charge on any atom is 0.303 e. The SMILES string of the molecule is CC(C)CCCC(C)NC(=O)CSCC1(CC(=O)O)CC1. The van der Waals surface area contributed by atoms with Gasteiger partial charge < -0.3 is 10.4 Å². The van der Waals surface area contributed by atoms with E-state index in [2.05, 4.69) is 26.1 Å². The van der Waals surface area contributed by atoms with Gasteiger partial charge in [-0.05, 0) is 43.3 Å². The molecule has 1 amide bonds. The van der Waals surface area contributed by atoms with Gasteiger partial charge in [-0.15, -0.1) is 0 Å². The van der Waals surface area contributed by atoms with Crippen molar-refractivity contribution < 1.29 is 14.7 Å². The molecule has 21 heavy (non-hydrogen) atoms. The molecule has 0 saturated heterocycles. The van der Waals surface area contributed by atoms with Crippen LogP contribution in [0.3, 0.4) is 0 Å². The maximum atomic E-state index is 11.8. The number of nitrogens with one attached hydrogen (secondary N) is 1. The molecule has 0 spiro atoms. The van der Waals surface area contributed by atoms with Crippen LogP contribution in [0.2, 0.25) is 0 Å². The van der Waals surface area contributed by atoms with E-state index in [-0.39, 0.29) is 23.8 Å². The summed E-state index contributed by atoms with van der Waals surface area (Å²) < 4.78 is 0. The normalized spacial score (nSPS) is 17.5. The fourth-order valence-electron chi connectivity index (χ4n) is 2.45. The van der Waals surface area contributed by atoms with Gasteiger partial charge in [-0.1, -0.05) is 26.7 Å². The van der Waals surface area contributed by atoms with Gasteiger partial charge in [-0.25, -0.2) is 0 Å². The van der Waals surface area contributed by atoms with E-state index in [9.17, 15) is 9.59 Å². The highest BCUT2D eigenvalue weighted by atomic mass is 32.2. The highest BCUT2D eigenvalue weighted by Crippen LogP contribution is 2.50. The highest BCUT2D eigenvalue weighted by molar-refractivity contribution is 7.99. The molecular formula is C16H29NO3S. The first-order valence-corrected chi connectivity index (χ1v) is 9.07. The number of hydrogen-bond acceptors (Lipinski definition) is 3. The molecule has 1 unspecified atom stereocenters. The van der Waals surface area contributed by atoms with Gasteiger partial charge in [0.2, 0.25) is 5.91 Å². The summed E-state index contributed by atoms with van der Waals surface area (Å²) in [5.74, 6) is 1.29. The van der Waals surface area contributed by atoms with Gasteiger partial charge in [0.15, 0.2) is 0 Å². The van der Waals surface area contributed by atoms with Crippen molar-refractivity contribution in [3.8, 4) is 0 Å². The lowest BCUT2D eigenvalue weighted by atomic mass is 10.0. The van der Waals surface area contributed by atoms with Crippen LogP contribution >= 0.6 is 11.8 Å². The van der Waals surface area contributed by atoms with Crippen LogP contribution in [-0.4, -0.2) is 34.5 Å². The Morgan fingerprint density at radius 1 is 1.24 bits per heavy atom. The van der Waals surface area contributed by atoms with E-state index in [1.165, 1.54) is 6.42 Å². The van der Waals surface area contributed by atoms with Gasteiger partial charge in [0.25, 0.3) is 0 Å². The van der Waals surface area contributed by atoms with Gasteiger partial charge in [0.05, 0.1) is 12.2 Å². The number of carboxylic acid groups (broad SMARTS) is 1. The minimum absolute atomic E-state index is 0.0281. The van der Waals surface area contributed by atoms with E-state index in [0.717, 1.165) is 31.4 Å². The lowest BCUT2D eigenvalue weighted by Gasteiger charge is -2.15. The second-order valence-corrected chi connectivity index (χ2v) is 7.84. The van der Waals surface area contributed by atoms with Crippen LogP contribution in [0, 0.1) is 11.3 Å². The molecule has 1 rings (SSSR count). The van der Waals surface area contributed by atoms with Gasteiger partial charge in [0, 0.05) is 6.04 Å². The number of amides is 1. The largest absolute Gasteiger partial charge is 0.481 e. The molecule has 4 nitrogen and oxygen atoms in total. The van der Waals surface area contributed by atoms with Crippen molar-refractivity contribution >= 4 is 23.6 Å². The molecule has 0 aliphatic heterocycles. The number of carboxylic acids is 1. The van der Waals surface area contributed by atoms with Crippen LogP contribution in [0.5, 0.6) is 0 Å². The number of hydrogen-bond donors (Lipinski definition) is 2. The third kappa shape index (κ3) is 8.34. The second kappa shape index (κ2) is 8.66. The first-order chi connectivity index (χ1) is 9.83. The maximum absolute atomic E-state index is 11.8. The van der Waals surface area contributed by atoms with Crippen LogP contribution in [0.15, 0.2) is 0 Å². The first kappa shape index (κ1) is 18.3. The van der Waals surface area contributed by atoms with Crippen LogP contribution in [-0.2, 0) is 9.59 Å². The van der Waals surface area contributed by atoms with Crippen LogP contribution in [0.4, 0.5) is 0 Å². The van der Waals surface area contributed by atoms with Gasteiger partial charge >= 0.3 is 5.97 Å². The zero-order chi connectivity index (χ0) is 15.9. The van der Waals surface area contributed by atoms with Crippen molar-refractivity contribution in [1.29, 1.82) is 0 Å². The standard InChI is InChI=1S/C16H29NO3S/c1-12(2)5-4-6-13(3)17-14(18)10-21-11-16(7-8-16)9-15(19)20/h12-13H,4-11H2,1-3H3,(H,17,18)(H,19,20). The number of aliphatic carboxylic acids is 1. The number of carbonyl (C=O) groups excluding carboxylic acids is 1. The molecule has 0 aromatic rings. The summed E-state index contributed by atoms with van der Waals surface area (Å²) in [5, 5.41) is 11.9. The molecular weight excluding hydrogens is 286 g/mol. The molecule has 2 N–H and O–H groups in total. The molecule has 1 atom stereocenters. The zero-order valence-corrected chi connectivity index (χ0v) is 14.3. The fourth-order valence-corrected chi connectivity index (χ4v) is 3.65. The number of carbonyl (C=O) groups is 2. The summed E-state index contributed by atoms with van der Waals surface area (Å²) in [6, 6.07) is 0.228. The average molecular weight is 315 g/mol. The molecule has 0 radical (unpaired) electrons. The van der Waals surface area contributed by atoms with Crippen molar-refractivity contribution in [1.82, 2.24) is 5.32 Å². The predicted molar refractivity (Wildman–Crippen MR) is 87.5 cm³/mol. The van der Waals surface area contributed by atoms with Crippen molar-refractivity contribution in [2.75, 3.05) is 11.5 Å². The summed E-state index contributed by atoms with van der Waals surface area (Å²) in [7, 11) is 0. The average Bonchev–Trinajstić information content (AvgIpc) is 3.07. The van der Waals surface area contributed by atoms with Crippen LogP contribution in [0.1, 0.15) is 59.3 Å². The minimum atomic E-state index is -0.726. The lowest BCUT2D eigenvalue weighted by Crippen LogP contribution is -2.34. The van der Waals surface area contributed by atoms with Crippen LogP contribution < -0.4 is 5.32 Å². The third-order valence-electron chi connectivity index (χ3n) is 3.95. The molecule has 0 heterocycles. The Bertz CT molecular complexity index is 353. The van der Waals surface area contributed by atoms with E-state index in [0.29, 0.717) is 11.7 Å². The first-order valence-electron chi connectivity index (χ1n) is 7.92. The summed E-state index contributed by atoms with van der Waals surface area (Å²) >= 11 is 1.57. The molecule has 1 aliphatic rings. The molecule has 122 valence electrons. The Hall–Kier alpha value is -0.710. The van der Waals surface area contributed by atoms with Crippen molar-refractivity contribution in [3.63, 3.8) is 0 Å². The molecule has 1 saturated carbocycles. The molecule has 5 heteroatoms. The van der Waals surface area contributed by atoms with Gasteiger partial charge in [-0.2, -0.15) is 11.8 Å². The quantitative estimate of drug-likeness (QED) is 0.614. The van der Waals surface area contributed by atoms with Crippen molar-refractivity contribution in [2.24, 2.45) is 11.3 Å². The smallest absolute Gasteiger partial charge is 0.303 e. The topological polar surface area (TPSA) is 66.4 Å². The molecule has 1 aliphatic carbocycles. The Morgan fingerprint density at radius 2 is 1.90 bits per heavy atom. The molecule has 0 aromatic heterocycles. The lowest BCUT2D eigenvalue weighted by molar-refractivity contribution is -0.138. The number of thioether (sulfide) groups is 1. The molecule has 0 bridgehead atoms. The summed E-state index contributed by atoms with van der Waals surface area (Å²) in [5.41, 5.74) is -0.0281. The summed E-state index contributed by atoms with van der Waals surface area (Å²) in [6.07, 6.45) is 5.59. The minimum Gasteiger partial charge on any atom is -0.481 e. The summed E-state index contributed by atoms with van der Waals surface area (Å²) in [6.45, 7) is 6.48. The highest BCUT2D eigenvalue weighted by Gasteiger charge is 2.44. The monoisotopic (exact) mass is 315 g/mol. The predicted octanol–water partition coefficient (Wildman–Crippen LogP) is 3.31. The molecule has 1 fully saturated rings. The van der Waals surface area contributed by atoms with Crippen molar-refractivity contribution in [2.45, 2.75) is 65.3 Å². The van der Waals surface area contributed by atoms with E-state index in [1.807, 2.05) is 0 Å². The van der Waals surface area contributed by atoms with Gasteiger partial charge in [-0.3, -0.25) is 9.59 Å². The molecule has 0 aromatic carbocycles. The van der Waals surface area contributed by atoms with E-state index < -0.39 is 5.97 Å². The Morgan fingerprint density at radius 3 is 2.43 bits per heavy atom. The summed E-state index contributed by atoms with van der Waals surface area (Å²) in [4.78, 5) is 22.6. The fraction of sp³-hybridized carbons (Fsp3) is 0.875. The Kier molecular flexibility index (Phi) is 7.57. The Balaban J connectivity index is 2.09. The van der Waals surface area contributed by atoms with E-state index in [4.69, 9.17) is 5.11 Å². The second-order valence-electron chi connectivity index (χ2n) is 6.86. The van der Waals surface area contributed by atoms with Gasteiger partial charge in [0.1, 0.15) is 0 Å².